The summed E-state index contributed by atoms with van der Waals surface area (Å²) in [6.07, 6.45) is 0. The molecule has 4 heteroatoms. The quantitative estimate of drug-likeness (QED) is 0.922. The highest BCUT2D eigenvalue weighted by Crippen LogP contribution is 2.21. The second-order valence-electron chi connectivity index (χ2n) is 4.19. The van der Waals surface area contributed by atoms with Crippen LogP contribution in [0.25, 0.3) is 0 Å². The zero-order valence-electron chi connectivity index (χ0n) is 10.3. The van der Waals surface area contributed by atoms with Crippen molar-refractivity contribution in [3.8, 4) is 0 Å². The van der Waals surface area contributed by atoms with Crippen LogP contribution in [-0.2, 0) is 10.0 Å². The Kier molecular flexibility index (Phi) is 3.39. The number of sulfonamides is 1. The first-order valence-corrected chi connectivity index (χ1v) is 7.13. The van der Waals surface area contributed by atoms with Gasteiger partial charge in [-0.1, -0.05) is 36.4 Å². The summed E-state index contributed by atoms with van der Waals surface area (Å²) in [5.74, 6) is 0. The standard InChI is InChI=1S/C14H15NO2S/c1-11-7-3-5-9-13(11)15-18(16,17)14-10-6-4-8-12(14)2/h3-10,15H,1-2H3. The van der Waals surface area contributed by atoms with Crippen LogP contribution in [-0.4, -0.2) is 8.42 Å². The van der Waals surface area contributed by atoms with Crippen LogP contribution in [0.5, 0.6) is 0 Å². The summed E-state index contributed by atoms with van der Waals surface area (Å²) in [4.78, 5) is 0.313. The molecule has 0 aromatic heterocycles. The van der Waals surface area contributed by atoms with Gasteiger partial charge in [0.25, 0.3) is 10.0 Å². The van der Waals surface area contributed by atoms with Gasteiger partial charge in [-0.15, -0.1) is 0 Å². The molecule has 0 unspecified atom stereocenters. The molecule has 2 rings (SSSR count). The van der Waals surface area contributed by atoms with Gasteiger partial charge in [0.15, 0.2) is 0 Å². The van der Waals surface area contributed by atoms with Gasteiger partial charge in [0.05, 0.1) is 10.6 Å². The molecule has 94 valence electrons. The van der Waals surface area contributed by atoms with Crippen molar-refractivity contribution in [2.45, 2.75) is 18.7 Å². The van der Waals surface area contributed by atoms with Crippen molar-refractivity contribution in [1.82, 2.24) is 0 Å². The molecule has 0 saturated heterocycles. The van der Waals surface area contributed by atoms with Gasteiger partial charge in [0, 0.05) is 0 Å². The highest BCUT2D eigenvalue weighted by molar-refractivity contribution is 7.92. The molecule has 0 aliphatic rings. The van der Waals surface area contributed by atoms with E-state index >= 15 is 0 Å². The van der Waals surface area contributed by atoms with E-state index in [9.17, 15) is 8.42 Å². The van der Waals surface area contributed by atoms with Crippen molar-refractivity contribution in [2.75, 3.05) is 4.72 Å². The highest BCUT2D eigenvalue weighted by Gasteiger charge is 2.16. The number of benzene rings is 2. The molecule has 0 radical (unpaired) electrons. The Hall–Kier alpha value is -1.81. The van der Waals surface area contributed by atoms with Crippen LogP contribution in [0.2, 0.25) is 0 Å². The van der Waals surface area contributed by atoms with Gasteiger partial charge in [-0.25, -0.2) is 8.42 Å². The van der Waals surface area contributed by atoms with E-state index in [1.165, 1.54) is 0 Å². The largest absolute Gasteiger partial charge is 0.279 e. The lowest BCUT2D eigenvalue weighted by Crippen LogP contribution is -2.14. The third kappa shape index (κ3) is 2.54. The number of rotatable bonds is 3. The van der Waals surface area contributed by atoms with Crippen molar-refractivity contribution in [2.24, 2.45) is 0 Å². The summed E-state index contributed by atoms with van der Waals surface area (Å²) in [7, 11) is -3.52. The van der Waals surface area contributed by atoms with Gasteiger partial charge < -0.3 is 0 Å². The van der Waals surface area contributed by atoms with Crippen LogP contribution in [0, 0.1) is 13.8 Å². The van der Waals surface area contributed by atoms with Crippen molar-refractivity contribution >= 4 is 15.7 Å². The van der Waals surface area contributed by atoms with Crippen molar-refractivity contribution in [1.29, 1.82) is 0 Å². The molecule has 0 aliphatic carbocycles. The third-order valence-corrected chi connectivity index (χ3v) is 4.30. The van der Waals surface area contributed by atoms with Crippen LogP contribution >= 0.6 is 0 Å². The molecule has 0 spiro atoms. The lowest BCUT2D eigenvalue weighted by atomic mass is 10.2. The lowest BCUT2D eigenvalue weighted by molar-refractivity contribution is 0.600. The second-order valence-corrected chi connectivity index (χ2v) is 5.84. The SMILES string of the molecule is Cc1ccccc1NS(=O)(=O)c1ccccc1C. The number of hydrogen-bond donors (Lipinski definition) is 1. The fourth-order valence-electron chi connectivity index (χ4n) is 1.75. The van der Waals surface area contributed by atoms with E-state index in [2.05, 4.69) is 4.72 Å². The number of hydrogen-bond acceptors (Lipinski definition) is 2. The van der Waals surface area contributed by atoms with Crippen molar-refractivity contribution in [3.63, 3.8) is 0 Å². The summed E-state index contributed by atoms with van der Waals surface area (Å²) in [5, 5.41) is 0. The molecular formula is C14H15NO2S. The second kappa shape index (κ2) is 4.82. The predicted octanol–water partition coefficient (Wildman–Crippen LogP) is 3.10. The van der Waals surface area contributed by atoms with Crippen molar-refractivity contribution < 1.29 is 8.42 Å². The fraction of sp³-hybridized carbons (Fsp3) is 0.143. The van der Waals surface area contributed by atoms with E-state index in [0.717, 1.165) is 11.1 Å². The van der Waals surface area contributed by atoms with E-state index in [1.54, 1.807) is 31.2 Å². The molecule has 1 N–H and O–H groups in total. The van der Waals surface area contributed by atoms with E-state index in [0.29, 0.717) is 10.6 Å². The molecule has 2 aromatic carbocycles. The van der Waals surface area contributed by atoms with E-state index in [4.69, 9.17) is 0 Å². The molecule has 0 atom stereocenters. The van der Waals surface area contributed by atoms with Crippen LogP contribution in [0.3, 0.4) is 0 Å². The minimum Gasteiger partial charge on any atom is -0.279 e. The van der Waals surface area contributed by atoms with Crippen LogP contribution < -0.4 is 4.72 Å². The Morgan fingerprint density at radius 1 is 0.833 bits per heavy atom. The molecule has 0 bridgehead atoms. The van der Waals surface area contributed by atoms with Gasteiger partial charge in [-0.2, -0.15) is 0 Å². The van der Waals surface area contributed by atoms with Crippen LogP contribution in [0.15, 0.2) is 53.4 Å². The zero-order chi connectivity index (χ0) is 13.2. The molecule has 3 nitrogen and oxygen atoms in total. The Labute approximate surface area is 108 Å². The van der Waals surface area contributed by atoms with E-state index in [1.807, 2.05) is 31.2 Å². The van der Waals surface area contributed by atoms with Gasteiger partial charge in [-0.3, -0.25) is 4.72 Å². The summed E-state index contributed by atoms with van der Waals surface area (Å²) in [6.45, 7) is 3.65. The number of anilines is 1. The summed E-state index contributed by atoms with van der Waals surface area (Å²) >= 11 is 0. The van der Waals surface area contributed by atoms with Gasteiger partial charge >= 0.3 is 0 Å². The molecule has 0 fully saturated rings. The smallest absolute Gasteiger partial charge is 0.262 e. The monoisotopic (exact) mass is 261 g/mol. The molecule has 0 aliphatic heterocycles. The maximum atomic E-state index is 12.3. The van der Waals surface area contributed by atoms with Gasteiger partial charge in [-0.05, 0) is 37.1 Å². The minimum atomic E-state index is -3.52. The Balaban J connectivity index is 2.40. The van der Waals surface area contributed by atoms with Crippen LogP contribution in [0.1, 0.15) is 11.1 Å². The lowest BCUT2D eigenvalue weighted by Gasteiger charge is -2.11. The topological polar surface area (TPSA) is 46.2 Å². The third-order valence-electron chi connectivity index (χ3n) is 2.77. The number of para-hydroxylation sites is 1. The number of nitrogens with one attached hydrogen (secondary N) is 1. The zero-order valence-corrected chi connectivity index (χ0v) is 11.2. The Bertz CT molecular complexity index is 663. The first-order chi connectivity index (χ1) is 8.50. The van der Waals surface area contributed by atoms with Crippen LogP contribution in [0.4, 0.5) is 5.69 Å². The number of aryl methyl sites for hydroxylation is 2. The van der Waals surface area contributed by atoms with Crippen molar-refractivity contribution in [3.05, 3.63) is 59.7 Å². The molecule has 0 saturated carbocycles. The highest BCUT2D eigenvalue weighted by atomic mass is 32.2. The van der Waals surface area contributed by atoms with E-state index < -0.39 is 10.0 Å². The Morgan fingerprint density at radius 3 is 2.00 bits per heavy atom. The van der Waals surface area contributed by atoms with E-state index in [-0.39, 0.29) is 0 Å². The molecular weight excluding hydrogens is 246 g/mol. The first-order valence-electron chi connectivity index (χ1n) is 5.65. The fourth-order valence-corrected chi connectivity index (χ4v) is 3.12. The molecule has 18 heavy (non-hydrogen) atoms. The molecule has 2 aromatic rings. The predicted molar refractivity (Wildman–Crippen MR) is 73.2 cm³/mol. The summed E-state index contributed by atoms with van der Waals surface area (Å²) in [6, 6.07) is 14.2. The normalized spacial score (nSPS) is 11.2. The van der Waals surface area contributed by atoms with Gasteiger partial charge in [0.2, 0.25) is 0 Å². The summed E-state index contributed by atoms with van der Waals surface area (Å²) < 4.78 is 27.1. The maximum absolute atomic E-state index is 12.3. The maximum Gasteiger partial charge on any atom is 0.262 e. The molecule has 0 amide bonds. The Morgan fingerprint density at radius 2 is 1.39 bits per heavy atom. The minimum absolute atomic E-state index is 0.313. The first kappa shape index (κ1) is 12.6. The summed E-state index contributed by atoms with van der Waals surface area (Å²) in [5.41, 5.74) is 2.24. The van der Waals surface area contributed by atoms with Gasteiger partial charge in [0.1, 0.15) is 0 Å². The average Bonchev–Trinajstić information content (AvgIpc) is 2.32. The molecule has 0 heterocycles. The average molecular weight is 261 g/mol.